The van der Waals surface area contributed by atoms with Crippen LogP contribution in [0.1, 0.15) is 18.9 Å². The molecule has 0 saturated carbocycles. The number of carbonyl (C=O) groups excluding carboxylic acids is 2. The van der Waals surface area contributed by atoms with Crippen LogP contribution >= 0.6 is 11.8 Å². The number of nitrogens with zero attached hydrogens (tertiary/aromatic N) is 3. The number of nitro groups is 2. The first-order chi connectivity index (χ1) is 15.2. The Morgan fingerprint density at radius 3 is 2.38 bits per heavy atom. The minimum Gasteiger partial charge on any atom is -0.493 e. The Bertz CT molecular complexity index is 1150. The number of amides is 2. The summed E-state index contributed by atoms with van der Waals surface area (Å²) >= 11 is 0.842. The van der Waals surface area contributed by atoms with E-state index in [1.165, 1.54) is 18.1 Å². The largest absolute Gasteiger partial charge is 0.493 e. The number of ether oxygens (including phenoxy) is 2. The molecule has 0 bridgehead atoms. The van der Waals surface area contributed by atoms with E-state index < -0.39 is 21.2 Å². The van der Waals surface area contributed by atoms with E-state index in [1.54, 1.807) is 18.2 Å². The molecule has 12 heteroatoms. The number of methoxy groups -OCH3 is 1. The smallest absolute Gasteiger partial charge is 0.318 e. The molecule has 1 fully saturated rings. The molecule has 0 aliphatic carbocycles. The minimum atomic E-state index is -0.782. The maximum absolute atomic E-state index is 12.4. The Morgan fingerprint density at radius 2 is 1.75 bits per heavy atom. The molecule has 1 saturated heterocycles. The van der Waals surface area contributed by atoms with Crippen LogP contribution in [0.4, 0.5) is 16.2 Å². The van der Waals surface area contributed by atoms with Crippen LogP contribution in [-0.2, 0) is 4.79 Å². The number of non-ortho nitro benzene ring substituents is 1. The van der Waals surface area contributed by atoms with Gasteiger partial charge >= 0.3 is 5.69 Å². The van der Waals surface area contributed by atoms with E-state index >= 15 is 0 Å². The first-order valence-electron chi connectivity index (χ1n) is 9.29. The van der Waals surface area contributed by atoms with E-state index in [4.69, 9.17) is 9.47 Å². The van der Waals surface area contributed by atoms with Crippen molar-refractivity contribution in [3.8, 4) is 17.2 Å². The molecule has 2 aromatic rings. The predicted molar refractivity (Wildman–Crippen MR) is 116 cm³/mol. The van der Waals surface area contributed by atoms with Crippen molar-refractivity contribution in [2.75, 3.05) is 13.7 Å². The van der Waals surface area contributed by atoms with Gasteiger partial charge < -0.3 is 9.47 Å². The molecule has 0 N–H and O–H groups in total. The number of hydrogen-bond acceptors (Lipinski definition) is 9. The second-order valence-corrected chi connectivity index (χ2v) is 7.51. The average molecular weight is 459 g/mol. The van der Waals surface area contributed by atoms with Crippen LogP contribution in [0.15, 0.2) is 41.3 Å². The number of imide groups is 1. The van der Waals surface area contributed by atoms with Gasteiger partial charge in [-0.1, -0.05) is 13.0 Å². The number of thioether (sulfide) groups is 1. The SMILES string of the molecule is CCCN1C(=O)S/C(=C/c2ccc(Oc3ccc([N+](=O)[O-])cc3[N+](=O)[O-])c(OC)c2)C1=O. The van der Waals surface area contributed by atoms with Gasteiger partial charge in [-0.3, -0.25) is 34.7 Å². The lowest BCUT2D eigenvalue weighted by Crippen LogP contribution is -2.28. The molecule has 0 unspecified atom stereocenters. The number of rotatable bonds is 8. The fraction of sp³-hybridized carbons (Fsp3) is 0.200. The Balaban J connectivity index is 1.90. The van der Waals surface area contributed by atoms with Crippen LogP contribution in [-0.4, -0.2) is 39.5 Å². The number of hydrogen-bond donors (Lipinski definition) is 0. The summed E-state index contributed by atoms with van der Waals surface area (Å²) < 4.78 is 10.9. The van der Waals surface area contributed by atoms with Gasteiger partial charge in [0.15, 0.2) is 11.5 Å². The highest BCUT2D eigenvalue weighted by Crippen LogP contribution is 2.39. The van der Waals surface area contributed by atoms with Gasteiger partial charge in [-0.15, -0.1) is 0 Å². The molecule has 32 heavy (non-hydrogen) atoms. The van der Waals surface area contributed by atoms with Crippen molar-refractivity contribution in [2.24, 2.45) is 0 Å². The molecule has 0 spiro atoms. The third kappa shape index (κ3) is 4.70. The lowest BCUT2D eigenvalue weighted by atomic mass is 10.1. The van der Waals surface area contributed by atoms with Gasteiger partial charge in [0.2, 0.25) is 5.75 Å². The summed E-state index contributed by atoms with van der Waals surface area (Å²) in [7, 11) is 1.37. The van der Waals surface area contributed by atoms with E-state index in [2.05, 4.69) is 0 Å². The molecule has 11 nitrogen and oxygen atoms in total. The zero-order valence-corrected chi connectivity index (χ0v) is 17.8. The van der Waals surface area contributed by atoms with Crippen LogP contribution in [0.3, 0.4) is 0 Å². The molecule has 1 aliphatic rings. The molecule has 2 amide bonds. The lowest BCUT2D eigenvalue weighted by molar-refractivity contribution is -0.394. The Hall–Kier alpha value is -3.93. The van der Waals surface area contributed by atoms with Crippen LogP contribution in [0.2, 0.25) is 0 Å². The van der Waals surface area contributed by atoms with Gasteiger partial charge in [0.25, 0.3) is 16.8 Å². The Morgan fingerprint density at radius 1 is 1.03 bits per heavy atom. The van der Waals surface area contributed by atoms with E-state index in [0.29, 0.717) is 18.5 Å². The van der Waals surface area contributed by atoms with Crippen molar-refractivity contribution in [1.29, 1.82) is 0 Å². The molecule has 1 heterocycles. The normalized spacial score (nSPS) is 14.7. The molecular weight excluding hydrogens is 442 g/mol. The fourth-order valence-corrected chi connectivity index (χ4v) is 3.76. The molecule has 0 atom stereocenters. The Labute approximate surface area is 185 Å². The molecule has 1 aliphatic heterocycles. The minimum absolute atomic E-state index is 0.126. The maximum Gasteiger partial charge on any atom is 0.318 e. The van der Waals surface area contributed by atoms with Gasteiger partial charge in [0.1, 0.15) is 0 Å². The van der Waals surface area contributed by atoms with Crippen molar-refractivity contribution >= 4 is 40.4 Å². The van der Waals surface area contributed by atoms with Crippen molar-refractivity contribution in [1.82, 2.24) is 4.90 Å². The van der Waals surface area contributed by atoms with Crippen molar-refractivity contribution in [3.05, 3.63) is 67.1 Å². The lowest BCUT2D eigenvalue weighted by Gasteiger charge is -2.11. The number of benzene rings is 2. The highest BCUT2D eigenvalue weighted by Gasteiger charge is 2.34. The van der Waals surface area contributed by atoms with E-state index in [0.717, 1.165) is 30.0 Å². The third-order valence-corrected chi connectivity index (χ3v) is 5.28. The van der Waals surface area contributed by atoms with Gasteiger partial charge in [-0.05, 0) is 48.0 Å². The summed E-state index contributed by atoms with van der Waals surface area (Å²) in [5.74, 6) is -0.241. The maximum atomic E-state index is 12.4. The zero-order chi connectivity index (χ0) is 23.4. The molecule has 3 rings (SSSR count). The second-order valence-electron chi connectivity index (χ2n) is 6.51. The summed E-state index contributed by atoms with van der Waals surface area (Å²) in [5.41, 5.74) is -0.465. The van der Waals surface area contributed by atoms with Gasteiger partial charge in [0, 0.05) is 12.6 Å². The average Bonchev–Trinajstić information content (AvgIpc) is 3.02. The van der Waals surface area contributed by atoms with Gasteiger partial charge in [-0.25, -0.2) is 0 Å². The number of nitro benzene ring substituents is 2. The monoisotopic (exact) mass is 459 g/mol. The summed E-state index contributed by atoms with van der Waals surface area (Å²) in [6.45, 7) is 2.21. The molecule has 2 aromatic carbocycles. The summed E-state index contributed by atoms with van der Waals surface area (Å²) in [6.07, 6.45) is 2.20. The molecule has 0 aromatic heterocycles. The topological polar surface area (TPSA) is 142 Å². The quantitative estimate of drug-likeness (QED) is 0.310. The van der Waals surface area contributed by atoms with Crippen LogP contribution in [0, 0.1) is 20.2 Å². The van der Waals surface area contributed by atoms with E-state index in [-0.39, 0.29) is 33.3 Å². The summed E-state index contributed by atoms with van der Waals surface area (Å²) in [5, 5.41) is 21.9. The summed E-state index contributed by atoms with van der Waals surface area (Å²) in [6, 6.07) is 7.64. The van der Waals surface area contributed by atoms with Crippen LogP contribution in [0.25, 0.3) is 6.08 Å². The third-order valence-electron chi connectivity index (χ3n) is 4.38. The molecular formula is C20H17N3O8S. The van der Waals surface area contributed by atoms with Crippen molar-refractivity contribution in [3.63, 3.8) is 0 Å². The first kappa shape index (κ1) is 22.7. The highest BCUT2D eigenvalue weighted by molar-refractivity contribution is 8.18. The number of carbonyl (C=O) groups is 2. The second kappa shape index (κ2) is 9.47. The van der Waals surface area contributed by atoms with Gasteiger partial charge in [-0.2, -0.15) is 0 Å². The summed E-state index contributed by atoms with van der Waals surface area (Å²) in [4.78, 5) is 46.5. The van der Waals surface area contributed by atoms with Crippen molar-refractivity contribution in [2.45, 2.75) is 13.3 Å². The highest BCUT2D eigenvalue weighted by atomic mass is 32.2. The van der Waals surface area contributed by atoms with E-state index in [1.807, 2.05) is 6.92 Å². The first-order valence-corrected chi connectivity index (χ1v) is 10.1. The molecule has 166 valence electrons. The van der Waals surface area contributed by atoms with Crippen LogP contribution < -0.4 is 9.47 Å². The van der Waals surface area contributed by atoms with Crippen molar-refractivity contribution < 1.29 is 28.9 Å². The van der Waals surface area contributed by atoms with E-state index in [9.17, 15) is 29.8 Å². The predicted octanol–water partition coefficient (Wildman–Crippen LogP) is 4.75. The van der Waals surface area contributed by atoms with Gasteiger partial charge in [0.05, 0.1) is 27.9 Å². The molecule has 0 radical (unpaired) electrons. The zero-order valence-electron chi connectivity index (χ0n) is 17.0. The Kier molecular flexibility index (Phi) is 6.73. The fourth-order valence-electron chi connectivity index (χ4n) is 2.89. The standard InChI is InChI=1S/C20H17N3O8S/c1-3-8-21-19(24)18(32-20(21)25)10-12-4-6-16(17(9-12)30-2)31-15-7-5-13(22(26)27)11-14(15)23(28)29/h4-7,9-11H,3,8H2,1-2H3/b18-10+. The van der Waals surface area contributed by atoms with Crippen LogP contribution in [0.5, 0.6) is 17.2 Å².